The van der Waals surface area contributed by atoms with Crippen LogP contribution >= 0.6 is 0 Å². The van der Waals surface area contributed by atoms with E-state index in [1.54, 1.807) is 4.57 Å². The third-order valence-electron chi connectivity index (χ3n) is 3.69. The average molecular weight is 286 g/mol. The number of aromatic nitrogens is 2. The van der Waals surface area contributed by atoms with Crippen LogP contribution in [-0.4, -0.2) is 18.0 Å². The van der Waals surface area contributed by atoms with E-state index in [4.69, 9.17) is 0 Å². The Morgan fingerprint density at radius 2 is 1.75 bits per heavy atom. The van der Waals surface area contributed by atoms with Gasteiger partial charge in [0.15, 0.2) is 0 Å². The van der Waals surface area contributed by atoms with Crippen molar-refractivity contribution in [3.63, 3.8) is 0 Å². The number of para-hydroxylation sites is 2. The van der Waals surface area contributed by atoms with E-state index in [2.05, 4.69) is 4.98 Å². The maximum Gasteiger partial charge on any atom is 0.229 e. The van der Waals surface area contributed by atoms with Gasteiger partial charge in [0.1, 0.15) is 0 Å². The topological polar surface area (TPSA) is 52.0 Å². The first-order valence-electron chi connectivity index (χ1n) is 6.40. The van der Waals surface area contributed by atoms with E-state index in [1.165, 1.54) is 0 Å². The van der Waals surface area contributed by atoms with Crippen LogP contribution in [0.4, 0.5) is 0 Å². The van der Waals surface area contributed by atoms with Crippen LogP contribution < -0.4 is 0 Å². The van der Waals surface area contributed by atoms with Gasteiger partial charge in [0, 0.05) is 0 Å². The van der Waals surface area contributed by atoms with Crippen LogP contribution in [-0.2, 0) is 22.1 Å². The van der Waals surface area contributed by atoms with E-state index < -0.39 is 9.84 Å². The summed E-state index contributed by atoms with van der Waals surface area (Å²) in [4.78, 5) is 4.32. The molecule has 0 bridgehead atoms. The fourth-order valence-corrected chi connectivity index (χ4v) is 4.29. The maximum atomic E-state index is 12.5. The fourth-order valence-electron chi connectivity index (χ4n) is 2.74. The van der Waals surface area contributed by atoms with Gasteiger partial charge in [-0.05, 0) is 23.3 Å². The van der Waals surface area contributed by atoms with Gasteiger partial charge >= 0.3 is 0 Å². The van der Waals surface area contributed by atoms with Crippen molar-refractivity contribution in [3.8, 4) is 0 Å². The summed E-state index contributed by atoms with van der Waals surface area (Å²) in [5.74, 6) is 0.0203. The highest BCUT2D eigenvalue weighted by Gasteiger charge is 2.28. The molecule has 1 aromatic heterocycles. The van der Waals surface area contributed by atoms with Crippen molar-refractivity contribution < 1.29 is 8.42 Å². The normalized spacial score (nSPS) is 21.2. The molecule has 0 saturated carbocycles. The molecule has 3 aromatic rings. The van der Waals surface area contributed by atoms with Crippen LogP contribution in [0.5, 0.6) is 0 Å². The summed E-state index contributed by atoms with van der Waals surface area (Å²) in [5.41, 5.74) is 3.49. The highest BCUT2D eigenvalue weighted by Crippen LogP contribution is 2.28. The Labute approximate surface area is 116 Å². The molecule has 2 heterocycles. The highest BCUT2D eigenvalue weighted by atomic mass is 32.2. The van der Waals surface area contributed by atoms with Crippen molar-refractivity contribution >= 4 is 20.9 Å². The average Bonchev–Trinajstić information content (AvgIpc) is 2.76. The molecule has 4 rings (SSSR count). The van der Waals surface area contributed by atoms with Crippen molar-refractivity contribution in [2.45, 2.75) is 17.5 Å². The van der Waals surface area contributed by atoms with E-state index in [0.717, 1.165) is 22.2 Å². The third-order valence-corrected chi connectivity index (χ3v) is 5.25. The molecule has 5 heteroatoms. The first-order chi connectivity index (χ1) is 9.65. The van der Waals surface area contributed by atoms with Crippen molar-refractivity contribution in [2.24, 2.45) is 0 Å². The van der Waals surface area contributed by atoms with Gasteiger partial charge in [0.2, 0.25) is 15.0 Å². The van der Waals surface area contributed by atoms with Gasteiger partial charge in [-0.3, -0.25) is 0 Å². The molecule has 0 amide bonds. The molecule has 0 spiro atoms. The van der Waals surface area contributed by atoms with Gasteiger partial charge in [-0.1, -0.05) is 36.4 Å². The molecule has 1 aliphatic heterocycles. The second kappa shape index (κ2) is 3.93. The molecule has 1 unspecified atom stereocenters. The summed E-state index contributed by atoms with van der Waals surface area (Å²) in [6.45, 7) is 0.547. The lowest BCUT2D eigenvalue weighted by Gasteiger charge is -2.06. The van der Waals surface area contributed by atoms with E-state index in [1.807, 2.05) is 48.5 Å². The zero-order chi connectivity index (χ0) is 13.7. The molecule has 0 aliphatic carbocycles. The summed E-state index contributed by atoms with van der Waals surface area (Å²) >= 11 is 0. The molecule has 1 atom stereocenters. The second-order valence-corrected chi connectivity index (χ2v) is 6.88. The minimum atomic E-state index is -3.40. The lowest BCUT2D eigenvalue weighted by Crippen LogP contribution is -2.09. The van der Waals surface area contributed by atoms with Gasteiger partial charge < -0.3 is 4.57 Å². The van der Waals surface area contributed by atoms with E-state index in [9.17, 15) is 8.42 Å². The maximum absolute atomic E-state index is 12.5. The molecular formula is C15H12N2O2S. The summed E-state index contributed by atoms with van der Waals surface area (Å²) in [6.07, 6.45) is 0. The van der Waals surface area contributed by atoms with Gasteiger partial charge in [-0.15, -0.1) is 0 Å². The van der Waals surface area contributed by atoms with Gasteiger partial charge in [0.05, 0.1) is 23.3 Å². The quantitative estimate of drug-likeness (QED) is 0.596. The smallest absolute Gasteiger partial charge is 0.229 e. The molecule has 20 heavy (non-hydrogen) atoms. The Morgan fingerprint density at radius 3 is 2.60 bits per heavy atom. The van der Waals surface area contributed by atoms with Crippen LogP contribution in [0.2, 0.25) is 0 Å². The first kappa shape index (κ1) is 11.7. The largest absolute Gasteiger partial charge is 0.310 e. The van der Waals surface area contributed by atoms with Gasteiger partial charge in [0.25, 0.3) is 0 Å². The molecular weight excluding hydrogens is 274 g/mol. The molecule has 2 aromatic carbocycles. The number of imidazole rings is 1. The van der Waals surface area contributed by atoms with Crippen molar-refractivity contribution in [2.75, 3.05) is 0 Å². The summed E-state index contributed by atoms with van der Waals surface area (Å²) in [5, 5.41) is 0.176. The first-order valence-corrected chi connectivity index (χ1v) is 8.05. The summed E-state index contributed by atoms with van der Waals surface area (Å²) < 4.78 is 26.9. The zero-order valence-corrected chi connectivity index (χ0v) is 11.5. The summed E-state index contributed by atoms with van der Waals surface area (Å²) in [7, 11) is -3.40. The molecule has 0 N–H and O–H groups in total. The number of hydrogen-bond donors (Lipinski definition) is 0. The zero-order valence-electron chi connectivity index (χ0n) is 10.7. The SMILES string of the molecule is O=S1(=[18O])Cc2ccccc2Cn2c1nc1ccccc12. The summed E-state index contributed by atoms with van der Waals surface area (Å²) in [6, 6.07) is 15.2. The monoisotopic (exact) mass is 286 g/mol. The van der Waals surface area contributed by atoms with Crippen LogP contribution in [0.15, 0.2) is 53.7 Å². The Balaban J connectivity index is 2.09. The van der Waals surface area contributed by atoms with Crippen LogP contribution in [0.3, 0.4) is 0 Å². The molecule has 0 fully saturated rings. The Kier molecular flexibility index (Phi) is 2.29. The van der Waals surface area contributed by atoms with Crippen molar-refractivity contribution in [1.82, 2.24) is 9.55 Å². The standard InChI is InChI=1S/C15H12N2O2S/c18-20(19)10-12-6-2-1-5-11(12)9-17-14-8-4-3-7-13(14)16-15(17)20/h1-8H,9-10H2/i18+2. The highest BCUT2D eigenvalue weighted by molar-refractivity contribution is 7.90. The van der Waals surface area contributed by atoms with Crippen molar-refractivity contribution in [3.05, 3.63) is 59.7 Å². The van der Waals surface area contributed by atoms with Crippen LogP contribution in [0.25, 0.3) is 11.0 Å². The van der Waals surface area contributed by atoms with Gasteiger partial charge in [-0.25, -0.2) is 13.4 Å². The molecule has 0 saturated heterocycles. The Bertz CT molecular complexity index is 926. The lowest BCUT2D eigenvalue weighted by atomic mass is 10.1. The predicted octanol–water partition coefficient (Wildman–Crippen LogP) is 2.37. The Morgan fingerprint density at radius 1 is 1.05 bits per heavy atom. The molecule has 0 radical (unpaired) electrons. The number of fused-ring (bicyclic) bond motifs is 4. The van der Waals surface area contributed by atoms with Gasteiger partial charge in [-0.2, -0.15) is 0 Å². The number of sulfone groups is 1. The van der Waals surface area contributed by atoms with E-state index >= 15 is 0 Å². The molecule has 4 nitrogen and oxygen atoms in total. The number of hydrogen-bond acceptors (Lipinski definition) is 3. The van der Waals surface area contributed by atoms with E-state index in [-0.39, 0.29) is 10.9 Å². The predicted molar refractivity (Wildman–Crippen MR) is 76.2 cm³/mol. The van der Waals surface area contributed by atoms with Crippen LogP contribution in [0, 0.1) is 0 Å². The van der Waals surface area contributed by atoms with Crippen LogP contribution in [0.1, 0.15) is 11.1 Å². The third kappa shape index (κ3) is 1.59. The minimum absolute atomic E-state index is 0.0203. The lowest BCUT2D eigenvalue weighted by molar-refractivity contribution is 0.579. The number of rotatable bonds is 0. The van der Waals surface area contributed by atoms with Crippen molar-refractivity contribution in [1.29, 1.82) is 0 Å². The minimum Gasteiger partial charge on any atom is -0.310 e. The molecule has 100 valence electrons. The molecule has 1 aliphatic rings. The fraction of sp³-hybridized carbons (Fsp3) is 0.133. The number of benzene rings is 2. The second-order valence-electron chi connectivity index (χ2n) is 5.00. The van der Waals surface area contributed by atoms with E-state index in [0.29, 0.717) is 6.54 Å². The Hall–Kier alpha value is -2.14. The number of nitrogens with zero attached hydrogens (tertiary/aromatic N) is 2.